The number of carbonyl (C=O) groups excluding carboxylic acids is 2. The van der Waals surface area contributed by atoms with Crippen molar-refractivity contribution in [2.75, 3.05) is 0 Å². The summed E-state index contributed by atoms with van der Waals surface area (Å²) in [6.45, 7) is 1.81. The van der Waals surface area contributed by atoms with Crippen molar-refractivity contribution in [3.05, 3.63) is 41.5 Å². The number of nitrogens with one attached hydrogen (secondary N) is 1. The molecule has 1 aromatic rings. The SMILES string of the molecule is CCC(CC(=O)O)NC(=O)/C=C/c1ccc(C(N)=O)cc1. The molecular weight excluding hydrogens is 272 g/mol. The first-order valence-electron chi connectivity index (χ1n) is 6.52. The zero-order valence-electron chi connectivity index (χ0n) is 11.7. The molecule has 4 N–H and O–H groups in total. The number of aliphatic carboxylic acids is 1. The molecule has 0 radical (unpaired) electrons. The summed E-state index contributed by atoms with van der Waals surface area (Å²) in [5, 5.41) is 11.3. The van der Waals surface area contributed by atoms with Crippen LogP contribution in [-0.4, -0.2) is 28.9 Å². The van der Waals surface area contributed by atoms with E-state index in [4.69, 9.17) is 10.8 Å². The Morgan fingerprint density at radius 1 is 1.29 bits per heavy atom. The lowest BCUT2D eigenvalue weighted by Crippen LogP contribution is -2.34. The van der Waals surface area contributed by atoms with Crippen LogP contribution in [0.25, 0.3) is 6.08 Å². The Morgan fingerprint density at radius 3 is 2.38 bits per heavy atom. The Morgan fingerprint density at radius 2 is 1.90 bits per heavy atom. The second-order valence-electron chi connectivity index (χ2n) is 4.53. The first-order valence-corrected chi connectivity index (χ1v) is 6.52. The van der Waals surface area contributed by atoms with Crippen molar-refractivity contribution >= 4 is 23.9 Å². The van der Waals surface area contributed by atoms with Gasteiger partial charge in [-0.25, -0.2) is 0 Å². The van der Waals surface area contributed by atoms with Crippen molar-refractivity contribution in [1.82, 2.24) is 5.32 Å². The fourth-order valence-corrected chi connectivity index (χ4v) is 1.69. The van der Waals surface area contributed by atoms with Gasteiger partial charge in [-0.3, -0.25) is 14.4 Å². The third-order valence-electron chi connectivity index (χ3n) is 2.88. The molecule has 6 heteroatoms. The van der Waals surface area contributed by atoms with Gasteiger partial charge in [0.1, 0.15) is 0 Å². The van der Waals surface area contributed by atoms with Crippen LogP contribution in [0.1, 0.15) is 35.7 Å². The minimum Gasteiger partial charge on any atom is -0.481 e. The highest BCUT2D eigenvalue weighted by atomic mass is 16.4. The van der Waals surface area contributed by atoms with Crippen LogP contribution >= 0.6 is 0 Å². The van der Waals surface area contributed by atoms with Gasteiger partial charge in [0, 0.05) is 17.7 Å². The van der Waals surface area contributed by atoms with Crippen molar-refractivity contribution in [2.24, 2.45) is 5.73 Å². The molecule has 0 aliphatic carbocycles. The smallest absolute Gasteiger partial charge is 0.305 e. The fraction of sp³-hybridized carbons (Fsp3) is 0.267. The number of carbonyl (C=O) groups is 3. The van der Waals surface area contributed by atoms with E-state index in [2.05, 4.69) is 5.32 Å². The van der Waals surface area contributed by atoms with Gasteiger partial charge in [0.25, 0.3) is 0 Å². The third-order valence-corrected chi connectivity index (χ3v) is 2.88. The van der Waals surface area contributed by atoms with Crippen molar-refractivity contribution in [3.63, 3.8) is 0 Å². The quantitative estimate of drug-likeness (QED) is 0.655. The van der Waals surface area contributed by atoms with Crippen LogP contribution in [0.5, 0.6) is 0 Å². The van der Waals surface area contributed by atoms with Gasteiger partial charge in [-0.15, -0.1) is 0 Å². The highest BCUT2D eigenvalue weighted by molar-refractivity contribution is 5.94. The summed E-state index contributed by atoms with van der Waals surface area (Å²) in [6.07, 6.45) is 3.33. The topological polar surface area (TPSA) is 109 Å². The normalized spacial score (nSPS) is 12.0. The summed E-state index contributed by atoms with van der Waals surface area (Å²) < 4.78 is 0. The monoisotopic (exact) mass is 290 g/mol. The summed E-state index contributed by atoms with van der Waals surface area (Å²) in [6, 6.07) is 6.08. The van der Waals surface area contributed by atoms with E-state index < -0.39 is 17.9 Å². The highest BCUT2D eigenvalue weighted by Gasteiger charge is 2.12. The molecule has 0 aromatic heterocycles. The third kappa shape index (κ3) is 5.90. The van der Waals surface area contributed by atoms with E-state index >= 15 is 0 Å². The second kappa shape index (κ2) is 7.84. The molecule has 0 saturated heterocycles. The van der Waals surface area contributed by atoms with Crippen LogP contribution < -0.4 is 11.1 Å². The van der Waals surface area contributed by atoms with Gasteiger partial charge in [-0.05, 0) is 30.2 Å². The van der Waals surface area contributed by atoms with Gasteiger partial charge < -0.3 is 16.2 Å². The van der Waals surface area contributed by atoms with Gasteiger partial charge in [-0.1, -0.05) is 19.1 Å². The van der Waals surface area contributed by atoms with Crippen LogP contribution in [0, 0.1) is 0 Å². The maximum Gasteiger partial charge on any atom is 0.305 e. The van der Waals surface area contributed by atoms with Gasteiger partial charge in [0.2, 0.25) is 11.8 Å². The predicted molar refractivity (Wildman–Crippen MR) is 78.5 cm³/mol. The van der Waals surface area contributed by atoms with E-state index in [9.17, 15) is 14.4 Å². The molecule has 1 rings (SSSR count). The lowest BCUT2D eigenvalue weighted by molar-refractivity contribution is -0.137. The number of hydrogen-bond donors (Lipinski definition) is 3. The molecule has 0 saturated carbocycles. The highest BCUT2D eigenvalue weighted by Crippen LogP contribution is 2.06. The Labute approximate surface area is 122 Å². The Hall–Kier alpha value is -2.63. The summed E-state index contributed by atoms with van der Waals surface area (Å²) in [7, 11) is 0. The van der Waals surface area contributed by atoms with E-state index in [1.54, 1.807) is 37.3 Å². The largest absolute Gasteiger partial charge is 0.481 e. The fourth-order valence-electron chi connectivity index (χ4n) is 1.69. The predicted octanol–water partition coefficient (Wildman–Crippen LogP) is 1.17. The number of nitrogens with two attached hydrogens (primary N) is 1. The summed E-state index contributed by atoms with van der Waals surface area (Å²) in [4.78, 5) is 33.2. The molecule has 1 unspecified atom stereocenters. The first-order chi connectivity index (χ1) is 9.92. The van der Waals surface area contributed by atoms with Gasteiger partial charge >= 0.3 is 5.97 Å². The molecule has 112 valence electrons. The molecular formula is C15H18N2O4. The van der Waals surface area contributed by atoms with E-state index in [1.807, 2.05) is 0 Å². The molecule has 0 heterocycles. The Bertz CT molecular complexity index is 549. The summed E-state index contributed by atoms with van der Waals surface area (Å²) >= 11 is 0. The number of hydrogen-bond acceptors (Lipinski definition) is 3. The lowest BCUT2D eigenvalue weighted by Gasteiger charge is -2.12. The average molecular weight is 290 g/mol. The average Bonchev–Trinajstić information content (AvgIpc) is 2.44. The van der Waals surface area contributed by atoms with Crippen LogP contribution in [-0.2, 0) is 9.59 Å². The number of primary amides is 1. The number of benzene rings is 1. The van der Waals surface area contributed by atoms with Crippen LogP contribution in [0.15, 0.2) is 30.3 Å². The van der Waals surface area contributed by atoms with E-state index in [-0.39, 0.29) is 12.3 Å². The van der Waals surface area contributed by atoms with E-state index in [0.717, 1.165) is 5.56 Å². The number of carboxylic acid groups (broad SMARTS) is 1. The van der Waals surface area contributed by atoms with Crippen LogP contribution in [0.4, 0.5) is 0 Å². The number of rotatable bonds is 7. The molecule has 0 spiro atoms. The molecule has 6 nitrogen and oxygen atoms in total. The minimum atomic E-state index is -0.951. The Balaban J connectivity index is 2.60. The van der Waals surface area contributed by atoms with Gasteiger partial charge in [0.05, 0.1) is 6.42 Å². The zero-order chi connectivity index (χ0) is 15.8. The molecule has 2 amide bonds. The van der Waals surface area contributed by atoms with Crippen molar-refractivity contribution in [1.29, 1.82) is 0 Å². The van der Waals surface area contributed by atoms with Gasteiger partial charge in [-0.2, -0.15) is 0 Å². The molecule has 21 heavy (non-hydrogen) atoms. The van der Waals surface area contributed by atoms with E-state index in [1.165, 1.54) is 6.08 Å². The second-order valence-corrected chi connectivity index (χ2v) is 4.53. The molecule has 0 bridgehead atoms. The van der Waals surface area contributed by atoms with Crippen molar-refractivity contribution < 1.29 is 19.5 Å². The molecule has 1 aromatic carbocycles. The molecule has 1 atom stereocenters. The van der Waals surface area contributed by atoms with Crippen LogP contribution in [0.2, 0.25) is 0 Å². The summed E-state index contributed by atoms with van der Waals surface area (Å²) in [5.41, 5.74) is 6.26. The minimum absolute atomic E-state index is 0.108. The van der Waals surface area contributed by atoms with E-state index in [0.29, 0.717) is 12.0 Å². The molecule has 0 aliphatic heterocycles. The maximum absolute atomic E-state index is 11.7. The Kier molecular flexibility index (Phi) is 6.13. The van der Waals surface area contributed by atoms with Crippen molar-refractivity contribution in [2.45, 2.75) is 25.8 Å². The van der Waals surface area contributed by atoms with Crippen LogP contribution in [0.3, 0.4) is 0 Å². The maximum atomic E-state index is 11.7. The van der Waals surface area contributed by atoms with Gasteiger partial charge in [0.15, 0.2) is 0 Å². The number of amides is 2. The zero-order valence-corrected chi connectivity index (χ0v) is 11.7. The van der Waals surface area contributed by atoms with Crippen molar-refractivity contribution in [3.8, 4) is 0 Å². The number of carboxylic acids is 1. The first kappa shape index (κ1) is 16.4. The summed E-state index contributed by atoms with van der Waals surface area (Å²) in [5.74, 6) is -1.82. The standard InChI is InChI=1S/C15H18N2O4/c1-2-12(9-14(19)20)17-13(18)8-5-10-3-6-11(7-4-10)15(16)21/h3-8,12H,2,9H2,1H3,(H2,16,21)(H,17,18)(H,19,20)/b8-5+. The lowest BCUT2D eigenvalue weighted by atomic mass is 10.1. The molecule has 0 fully saturated rings. The molecule has 0 aliphatic rings.